The van der Waals surface area contributed by atoms with Crippen LogP contribution >= 0.6 is 12.2 Å². The molecule has 41 heavy (non-hydrogen) atoms. The number of nitrogens with one attached hydrogen (secondary N) is 2. The van der Waals surface area contributed by atoms with Gasteiger partial charge in [-0.15, -0.1) is 0 Å². The van der Waals surface area contributed by atoms with Crippen LogP contribution in [0.5, 0.6) is 5.75 Å². The summed E-state index contributed by atoms with van der Waals surface area (Å²) in [5, 5.41) is 16.5. The van der Waals surface area contributed by atoms with Crippen LogP contribution in [-0.2, 0) is 4.79 Å². The van der Waals surface area contributed by atoms with Crippen LogP contribution in [0.1, 0.15) is 57.6 Å². The van der Waals surface area contributed by atoms with E-state index in [1.165, 1.54) is 6.92 Å². The lowest BCUT2D eigenvalue weighted by Gasteiger charge is -2.29. The molecular formula is C31H31N5O4S. The number of ether oxygens (including phenoxy) is 1. The highest BCUT2D eigenvalue weighted by Crippen LogP contribution is 2.45. The van der Waals surface area contributed by atoms with Crippen molar-refractivity contribution >= 4 is 40.6 Å². The number of amides is 1. The highest BCUT2D eigenvalue weighted by molar-refractivity contribution is 7.80. The van der Waals surface area contributed by atoms with E-state index in [0.717, 1.165) is 39.6 Å². The monoisotopic (exact) mass is 569 g/mol. The number of rotatable bonds is 7. The van der Waals surface area contributed by atoms with E-state index in [9.17, 15) is 14.7 Å². The summed E-state index contributed by atoms with van der Waals surface area (Å²) in [7, 11) is 1.55. The molecule has 0 bridgehead atoms. The minimum atomic E-state index is -0.977. The van der Waals surface area contributed by atoms with Crippen molar-refractivity contribution in [3.05, 3.63) is 101 Å². The van der Waals surface area contributed by atoms with Crippen LogP contribution < -0.4 is 20.3 Å². The predicted octanol–water partition coefficient (Wildman–Crippen LogP) is 5.64. The maximum absolute atomic E-state index is 11.9. The maximum atomic E-state index is 11.9. The Morgan fingerprint density at radius 3 is 2.51 bits per heavy atom. The van der Waals surface area contributed by atoms with E-state index in [-0.39, 0.29) is 23.6 Å². The first-order valence-electron chi connectivity index (χ1n) is 13.1. The van der Waals surface area contributed by atoms with Crippen molar-refractivity contribution in [3.63, 3.8) is 0 Å². The summed E-state index contributed by atoms with van der Waals surface area (Å²) in [4.78, 5) is 30.4. The van der Waals surface area contributed by atoms with Gasteiger partial charge in [-0.25, -0.2) is 4.79 Å². The number of anilines is 2. The molecule has 4 aromatic rings. The quantitative estimate of drug-likeness (QED) is 0.246. The Labute approximate surface area is 243 Å². The van der Waals surface area contributed by atoms with Crippen LogP contribution in [-0.4, -0.2) is 38.8 Å². The number of aromatic nitrogens is 2. The van der Waals surface area contributed by atoms with Crippen LogP contribution in [0.2, 0.25) is 0 Å². The van der Waals surface area contributed by atoms with Gasteiger partial charge in [0.2, 0.25) is 5.91 Å². The van der Waals surface area contributed by atoms with Crippen LogP contribution in [0.4, 0.5) is 11.4 Å². The maximum Gasteiger partial charge on any atom is 0.335 e. The zero-order valence-electron chi connectivity index (χ0n) is 23.4. The molecule has 9 nitrogen and oxygen atoms in total. The number of pyridine rings is 1. The first-order chi connectivity index (χ1) is 19.6. The first kappa shape index (κ1) is 27.9. The molecule has 0 spiro atoms. The number of carboxylic acid groups (broad SMARTS) is 1. The van der Waals surface area contributed by atoms with Crippen LogP contribution in [0, 0.1) is 20.8 Å². The van der Waals surface area contributed by atoms with Gasteiger partial charge < -0.3 is 29.9 Å². The summed E-state index contributed by atoms with van der Waals surface area (Å²) < 4.78 is 7.57. The van der Waals surface area contributed by atoms with Gasteiger partial charge in [-0.1, -0.05) is 12.1 Å². The van der Waals surface area contributed by atoms with Crippen molar-refractivity contribution in [2.75, 3.05) is 17.3 Å². The van der Waals surface area contributed by atoms with Crippen molar-refractivity contribution in [2.24, 2.45) is 0 Å². The Hall–Kier alpha value is -4.70. The van der Waals surface area contributed by atoms with Gasteiger partial charge in [0.25, 0.3) is 0 Å². The molecule has 0 saturated carbocycles. The van der Waals surface area contributed by atoms with E-state index in [0.29, 0.717) is 16.5 Å². The van der Waals surface area contributed by atoms with Crippen LogP contribution in [0.25, 0.3) is 5.69 Å². The summed E-state index contributed by atoms with van der Waals surface area (Å²) in [6.07, 6.45) is 1.76. The summed E-state index contributed by atoms with van der Waals surface area (Å²) in [6.45, 7) is 7.45. The number of aryl methyl sites for hydroxylation is 2. The molecule has 1 saturated heterocycles. The van der Waals surface area contributed by atoms with E-state index in [1.54, 1.807) is 31.5 Å². The molecule has 3 heterocycles. The molecule has 0 radical (unpaired) electrons. The number of benzene rings is 2. The van der Waals surface area contributed by atoms with Gasteiger partial charge in [0.1, 0.15) is 5.75 Å². The average Bonchev–Trinajstić information content (AvgIpc) is 3.43. The van der Waals surface area contributed by atoms with Crippen molar-refractivity contribution in [1.29, 1.82) is 0 Å². The number of carbonyl (C=O) groups is 2. The average molecular weight is 570 g/mol. The molecule has 0 aliphatic carbocycles. The van der Waals surface area contributed by atoms with E-state index in [2.05, 4.69) is 26.3 Å². The zero-order valence-corrected chi connectivity index (χ0v) is 24.2. The van der Waals surface area contributed by atoms with Gasteiger partial charge in [0.15, 0.2) is 5.11 Å². The van der Waals surface area contributed by atoms with Crippen LogP contribution in [0.3, 0.4) is 0 Å². The second-order valence-electron chi connectivity index (χ2n) is 10.0. The van der Waals surface area contributed by atoms with E-state index >= 15 is 0 Å². The molecule has 2 unspecified atom stereocenters. The number of aromatic carboxylic acids is 1. The molecule has 1 fully saturated rings. The lowest BCUT2D eigenvalue weighted by Crippen LogP contribution is -2.29. The summed E-state index contributed by atoms with van der Waals surface area (Å²) in [5.74, 6) is -0.657. The molecule has 2 aromatic carbocycles. The van der Waals surface area contributed by atoms with Gasteiger partial charge in [0, 0.05) is 35.9 Å². The molecule has 10 heteroatoms. The van der Waals surface area contributed by atoms with E-state index < -0.39 is 5.97 Å². The van der Waals surface area contributed by atoms with Crippen molar-refractivity contribution < 1.29 is 19.4 Å². The largest absolute Gasteiger partial charge is 0.495 e. The number of hydrogen-bond acceptors (Lipinski definition) is 5. The van der Waals surface area contributed by atoms with Crippen molar-refractivity contribution in [2.45, 2.75) is 39.8 Å². The number of carboxylic acids is 1. The fraction of sp³-hybridized carbons (Fsp3) is 0.226. The molecule has 1 aliphatic rings. The third-order valence-corrected chi connectivity index (χ3v) is 7.67. The SMILES string of the molecule is COc1ccc(N2C(=S)NC(c3ccccn3)C2c2cc(C)n(-c3cc(C(=O)O)ccc3C)c2C)cc1NC(C)=O. The Kier molecular flexibility index (Phi) is 7.51. The number of hydrogen-bond donors (Lipinski definition) is 3. The van der Waals surface area contributed by atoms with Gasteiger partial charge in [-0.2, -0.15) is 0 Å². The number of methoxy groups -OCH3 is 1. The van der Waals surface area contributed by atoms with Crippen LogP contribution in [0.15, 0.2) is 66.9 Å². The Bertz CT molecular complexity index is 1670. The van der Waals surface area contributed by atoms with Crippen molar-refractivity contribution in [3.8, 4) is 11.4 Å². The molecule has 2 aromatic heterocycles. The summed E-state index contributed by atoms with van der Waals surface area (Å²) in [5.41, 5.74) is 7.01. The molecular weight excluding hydrogens is 538 g/mol. The first-order valence-corrected chi connectivity index (χ1v) is 13.5. The molecule has 1 aliphatic heterocycles. The standard InChI is InChI=1S/C31H31N5O4S/c1-17-9-10-21(30(38)39)15-26(17)35-18(2)14-23(19(35)3)29-28(24-8-6-7-13-32-24)34-31(41)36(29)22-11-12-27(40-5)25(16-22)33-20(4)37/h6-16,28-29H,1-5H3,(H,33,37)(H,34,41)(H,38,39). The highest BCUT2D eigenvalue weighted by Gasteiger charge is 2.42. The second kappa shape index (κ2) is 11.1. The predicted molar refractivity (Wildman–Crippen MR) is 162 cm³/mol. The molecule has 5 rings (SSSR count). The van der Waals surface area contributed by atoms with Crippen molar-refractivity contribution in [1.82, 2.24) is 14.9 Å². The van der Waals surface area contributed by atoms with Gasteiger partial charge in [-0.05, 0) is 92.6 Å². The van der Waals surface area contributed by atoms with Gasteiger partial charge in [0.05, 0.1) is 36.1 Å². The summed E-state index contributed by atoms with van der Waals surface area (Å²) >= 11 is 5.91. The topological polar surface area (TPSA) is 109 Å². The minimum absolute atomic E-state index is 0.215. The Morgan fingerprint density at radius 1 is 1.07 bits per heavy atom. The fourth-order valence-electron chi connectivity index (χ4n) is 5.52. The lowest BCUT2D eigenvalue weighted by atomic mass is 9.96. The number of thiocarbonyl (C=S) groups is 1. The van der Waals surface area contributed by atoms with E-state index in [1.807, 2.05) is 62.1 Å². The molecule has 3 N–H and O–H groups in total. The number of carbonyl (C=O) groups excluding carboxylic acids is 1. The van der Waals surface area contributed by atoms with Gasteiger partial charge >= 0.3 is 5.97 Å². The normalized spacial score (nSPS) is 16.4. The molecule has 1 amide bonds. The highest BCUT2D eigenvalue weighted by atomic mass is 32.1. The van der Waals surface area contributed by atoms with E-state index in [4.69, 9.17) is 17.0 Å². The minimum Gasteiger partial charge on any atom is -0.495 e. The third kappa shape index (κ3) is 5.14. The van der Waals surface area contributed by atoms with Gasteiger partial charge in [-0.3, -0.25) is 9.78 Å². The fourth-order valence-corrected chi connectivity index (χ4v) is 5.87. The molecule has 2 atom stereocenters. The lowest BCUT2D eigenvalue weighted by molar-refractivity contribution is -0.114. The Balaban J connectivity index is 1.70. The third-order valence-electron chi connectivity index (χ3n) is 7.36. The smallest absolute Gasteiger partial charge is 0.335 e. The molecule has 210 valence electrons. The number of nitrogens with zero attached hydrogens (tertiary/aromatic N) is 3. The zero-order chi connectivity index (χ0) is 29.4. The summed E-state index contributed by atoms with van der Waals surface area (Å²) in [6, 6.07) is 18.0. The second-order valence-corrected chi connectivity index (χ2v) is 10.4. The Morgan fingerprint density at radius 2 is 1.85 bits per heavy atom.